The first-order valence-electron chi connectivity index (χ1n) is 9.63. The number of hydrogen-bond donors (Lipinski definition) is 3. The normalized spacial score (nSPS) is 19.1. The molecule has 0 atom stereocenters. The van der Waals surface area contributed by atoms with E-state index in [0.717, 1.165) is 12.1 Å². The number of amides is 2. The molecule has 0 radical (unpaired) electrons. The Morgan fingerprint density at radius 1 is 1.03 bits per heavy atom. The minimum atomic E-state index is -4.37. The molecule has 9 heteroatoms. The van der Waals surface area contributed by atoms with E-state index < -0.39 is 23.6 Å². The first-order valence-corrected chi connectivity index (χ1v) is 9.63. The molecule has 1 aliphatic carbocycles. The maximum absolute atomic E-state index is 14.0. The van der Waals surface area contributed by atoms with Crippen LogP contribution in [0.5, 0.6) is 5.75 Å². The Kier molecular flexibility index (Phi) is 6.69. The highest BCUT2D eigenvalue weighted by Gasteiger charge is 2.30. The second-order valence-electron chi connectivity index (χ2n) is 7.16. The van der Waals surface area contributed by atoms with Crippen LogP contribution in [0.3, 0.4) is 0 Å². The second kappa shape index (κ2) is 9.23. The maximum Gasteiger partial charge on any atom is 0.416 e. The number of benzene rings is 2. The van der Waals surface area contributed by atoms with Gasteiger partial charge in [-0.25, -0.2) is 9.18 Å². The lowest BCUT2D eigenvalue weighted by molar-refractivity contribution is -0.137. The maximum atomic E-state index is 14.0. The van der Waals surface area contributed by atoms with Crippen molar-refractivity contribution < 1.29 is 27.1 Å². The van der Waals surface area contributed by atoms with Crippen LogP contribution in [0, 0.1) is 5.82 Å². The average molecular weight is 425 g/mol. The summed E-state index contributed by atoms with van der Waals surface area (Å²) in [6.45, 7) is 0. The average Bonchev–Trinajstić information content (AvgIpc) is 2.70. The molecule has 0 unspecified atom stereocenters. The van der Waals surface area contributed by atoms with Gasteiger partial charge in [-0.1, -0.05) is 0 Å². The van der Waals surface area contributed by atoms with Crippen molar-refractivity contribution >= 4 is 17.4 Å². The van der Waals surface area contributed by atoms with Crippen molar-refractivity contribution in [3.05, 3.63) is 53.8 Å². The number of anilines is 2. The summed E-state index contributed by atoms with van der Waals surface area (Å²) in [6.07, 6.45) is -1.90. The predicted octanol–water partition coefficient (Wildman–Crippen LogP) is 5.40. The molecule has 0 aromatic heterocycles. The molecule has 1 aliphatic rings. The molecule has 0 heterocycles. The third kappa shape index (κ3) is 5.77. The van der Waals surface area contributed by atoms with Crippen LogP contribution < -0.4 is 20.7 Å². The van der Waals surface area contributed by atoms with E-state index in [1.807, 2.05) is 0 Å². The standard InChI is InChI=1S/C21H23F4N3O2/c1-26-15-6-11-19(18(22)12-15)28-20(29)27-14-4-9-17(10-5-14)30-16-7-2-13(3-8-16)21(23,24)25/h2-3,6-8,11-12,14,17,26H,4-5,9-10H2,1H3,(H2,27,28,29). The third-order valence-corrected chi connectivity index (χ3v) is 5.00. The van der Waals surface area contributed by atoms with Crippen molar-refractivity contribution in [2.45, 2.75) is 44.0 Å². The Bertz CT molecular complexity index is 864. The first kappa shape index (κ1) is 21.7. The Morgan fingerprint density at radius 3 is 2.27 bits per heavy atom. The summed E-state index contributed by atoms with van der Waals surface area (Å²) in [4.78, 5) is 12.1. The van der Waals surface area contributed by atoms with Gasteiger partial charge in [0.15, 0.2) is 0 Å². The van der Waals surface area contributed by atoms with Gasteiger partial charge in [0.2, 0.25) is 0 Å². The van der Waals surface area contributed by atoms with Crippen molar-refractivity contribution in [2.75, 3.05) is 17.7 Å². The number of alkyl halides is 3. The molecule has 2 aromatic rings. The van der Waals surface area contributed by atoms with Crippen molar-refractivity contribution in [3.8, 4) is 5.75 Å². The molecular weight excluding hydrogens is 402 g/mol. The molecule has 3 rings (SSSR count). The molecule has 1 saturated carbocycles. The molecule has 162 valence electrons. The number of hydrogen-bond acceptors (Lipinski definition) is 3. The zero-order chi connectivity index (χ0) is 21.7. The Balaban J connectivity index is 1.44. The summed E-state index contributed by atoms with van der Waals surface area (Å²) < 4.78 is 57.6. The Labute approximate surface area is 171 Å². The number of rotatable bonds is 5. The second-order valence-corrected chi connectivity index (χ2v) is 7.16. The van der Waals surface area contributed by atoms with Crippen LogP contribution in [-0.2, 0) is 6.18 Å². The molecule has 0 spiro atoms. The van der Waals surface area contributed by atoms with E-state index in [1.165, 1.54) is 24.3 Å². The van der Waals surface area contributed by atoms with Crippen LogP contribution in [0.1, 0.15) is 31.2 Å². The zero-order valence-corrected chi connectivity index (χ0v) is 16.4. The highest BCUT2D eigenvalue weighted by Crippen LogP contribution is 2.31. The first-order chi connectivity index (χ1) is 14.2. The summed E-state index contributed by atoms with van der Waals surface area (Å²) >= 11 is 0. The van der Waals surface area contributed by atoms with E-state index in [9.17, 15) is 22.4 Å². The fraction of sp³-hybridized carbons (Fsp3) is 0.381. The minimum absolute atomic E-state index is 0.0860. The third-order valence-electron chi connectivity index (χ3n) is 5.00. The number of urea groups is 1. The van der Waals surface area contributed by atoms with Gasteiger partial charge in [-0.15, -0.1) is 0 Å². The highest BCUT2D eigenvalue weighted by atomic mass is 19.4. The van der Waals surface area contributed by atoms with Crippen molar-refractivity contribution in [1.82, 2.24) is 5.32 Å². The molecule has 1 fully saturated rings. The van der Waals surface area contributed by atoms with Crippen LogP contribution in [0.25, 0.3) is 0 Å². The highest BCUT2D eigenvalue weighted by molar-refractivity contribution is 5.89. The van der Waals surface area contributed by atoms with E-state index in [2.05, 4.69) is 16.0 Å². The topological polar surface area (TPSA) is 62.4 Å². The smallest absolute Gasteiger partial charge is 0.416 e. The van der Waals surface area contributed by atoms with E-state index in [0.29, 0.717) is 37.1 Å². The lowest BCUT2D eigenvalue weighted by Crippen LogP contribution is -2.41. The van der Waals surface area contributed by atoms with Gasteiger partial charge in [-0.3, -0.25) is 0 Å². The van der Waals surface area contributed by atoms with Crippen LogP contribution in [0.4, 0.5) is 33.7 Å². The Morgan fingerprint density at radius 2 is 1.70 bits per heavy atom. The number of ether oxygens (including phenoxy) is 1. The summed E-state index contributed by atoms with van der Waals surface area (Å²) in [7, 11) is 1.67. The van der Waals surface area contributed by atoms with Crippen LogP contribution in [-0.4, -0.2) is 25.2 Å². The lowest BCUT2D eigenvalue weighted by Gasteiger charge is -2.29. The molecule has 0 aliphatic heterocycles. The van der Waals surface area contributed by atoms with Gasteiger partial charge in [0.25, 0.3) is 0 Å². The van der Waals surface area contributed by atoms with Gasteiger partial charge in [0, 0.05) is 18.8 Å². The number of nitrogens with one attached hydrogen (secondary N) is 3. The van der Waals surface area contributed by atoms with Crippen molar-refractivity contribution in [2.24, 2.45) is 0 Å². The van der Waals surface area contributed by atoms with Gasteiger partial charge in [-0.05, 0) is 68.1 Å². The van der Waals surface area contributed by atoms with Crippen molar-refractivity contribution in [3.63, 3.8) is 0 Å². The van der Waals surface area contributed by atoms with Crippen LogP contribution >= 0.6 is 0 Å². The number of halogens is 4. The summed E-state index contributed by atoms with van der Waals surface area (Å²) in [5.41, 5.74) is -0.0264. The molecule has 2 aromatic carbocycles. The lowest BCUT2D eigenvalue weighted by atomic mass is 9.93. The fourth-order valence-electron chi connectivity index (χ4n) is 3.36. The molecule has 5 nitrogen and oxygen atoms in total. The van der Waals surface area contributed by atoms with Gasteiger partial charge >= 0.3 is 12.2 Å². The molecule has 0 bridgehead atoms. The summed E-state index contributed by atoms with van der Waals surface area (Å²) in [5, 5.41) is 8.13. The predicted molar refractivity (Wildman–Crippen MR) is 106 cm³/mol. The van der Waals surface area contributed by atoms with Gasteiger partial charge < -0.3 is 20.7 Å². The molecule has 2 amide bonds. The summed E-state index contributed by atoms with van der Waals surface area (Å²) in [6, 6.07) is 8.47. The SMILES string of the molecule is CNc1ccc(NC(=O)NC2CCC(Oc3ccc(C(F)(F)F)cc3)CC2)c(F)c1. The van der Waals surface area contributed by atoms with Crippen LogP contribution in [0.15, 0.2) is 42.5 Å². The monoisotopic (exact) mass is 425 g/mol. The van der Waals surface area contributed by atoms with Crippen LogP contribution in [0.2, 0.25) is 0 Å². The van der Waals surface area contributed by atoms with Crippen molar-refractivity contribution in [1.29, 1.82) is 0 Å². The molecule has 30 heavy (non-hydrogen) atoms. The van der Waals surface area contributed by atoms with E-state index in [1.54, 1.807) is 13.1 Å². The van der Waals surface area contributed by atoms with Gasteiger partial charge in [0.05, 0.1) is 17.4 Å². The fourth-order valence-corrected chi connectivity index (χ4v) is 3.36. The van der Waals surface area contributed by atoms with Gasteiger partial charge in [-0.2, -0.15) is 13.2 Å². The van der Waals surface area contributed by atoms with E-state index in [4.69, 9.17) is 4.74 Å². The number of carbonyl (C=O) groups is 1. The molecule has 3 N–H and O–H groups in total. The van der Waals surface area contributed by atoms with E-state index >= 15 is 0 Å². The quantitative estimate of drug-likeness (QED) is 0.563. The molecular formula is C21H23F4N3O2. The summed E-state index contributed by atoms with van der Waals surface area (Å²) in [5.74, 6) is -0.150. The minimum Gasteiger partial charge on any atom is -0.490 e. The molecule has 0 saturated heterocycles. The zero-order valence-electron chi connectivity index (χ0n) is 16.4. The van der Waals surface area contributed by atoms with Gasteiger partial charge in [0.1, 0.15) is 11.6 Å². The van der Waals surface area contributed by atoms with E-state index in [-0.39, 0.29) is 17.8 Å². The largest absolute Gasteiger partial charge is 0.490 e. The Hall–Kier alpha value is -2.97. The number of carbonyl (C=O) groups excluding carboxylic acids is 1.